The van der Waals surface area contributed by atoms with Crippen LogP contribution in [0.25, 0.3) is 0 Å². The summed E-state index contributed by atoms with van der Waals surface area (Å²) in [6.07, 6.45) is 2.03. The zero-order valence-electron chi connectivity index (χ0n) is 10.1. The van der Waals surface area contributed by atoms with Crippen LogP contribution >= 0.6 is 0 Å². The van der Waals surface area contributed by atoms with Gasteiger partial charge < -0.3 is 14.9 Å². The van der Waals surface area contributed by atoms with E-state index >= 15 is 0 Å². The van der Waals surface area contributed by atoms with E-state index in [0.717, 1.165) is 12.8 Å². The minimum atomic E-state index is -0.627. The highest BCUT2D eigenvalue weighted by molar-refractivity contribution is 5.75. The van der Waals surface area contributed by atoms with Crippen LogP contribution in [0.4, 0.5) is 0 Å². The van der Waals surface area contributed by atoms with Crippen molar-refractivity contribution in [1.29, 1.82) is 0 Å². The van der Waals surface area contributed by atoms with Crippen molar-refractivity contribution in [2.45, 2.75) is 51.7 Å². The Morgan fingerprint density at radius 3 is 2.69 bits per heavy atom. The molecule has 1 fully saturated rings. The molecule has 0 aromatic carbocycles. The molecule has 1 rings (SSSR count). The Labute approximate surface area is 96.6 Å². The second kappa shape index (κ2) is 6.21. The van der Waals surface area contributed by atoms with E-state index < -0.39 is 18.1 Å². The van der Waals surface area contributed by atoms with Gasteiger partial charge >= 0.3 is 5.97 Å². The Kier molecular flexibility index (Phi) is 5.22. The molecule has 2 N–H and O–H groups in total. The minimum absolute atomic E-state index is 0.152. The van der Waals surface area contributed by atoms with E-state index in [4.69, 9.17) is 9.84 Å². The molecule has 1 heterocycles. The molecule has 0 spiro atoms. The van der Waals surface area contributed by atoms with Crippen molar-refractivity contribution in [1.82, 2.24) is 0 Å². The van der Waals surface area contributed by atoms with Crippen molar-refractivity contribution < 1.29 is 19.7 Å². The Balaban J connectivity index is 2.36. The van der Waals surface area contributed by atoms with Crippen LogP contribution in [0, 0.1) is 11.8 Å². The van der Waals surface area contributed by atoms with Crippen LogP contribution in [0.5, 0.6) is 0 Å². The summed E-state index contributed by atoms with van der Waals surface area (Å²) in [7, 11) is 0. The van der Waals surface area contributed by atoms with E-state index in [0.29, 0.717) is 18.8 Å². The van der Waals surface area contributed by atoms with E-state index in [-0.39, 0.29) is 12.6 Å². The predicted molar refractivity (Wildman–Crippen MR) is 59.8 cm³/mol. The molecule has 4 unspecified atom stereocenters. The highest BCUT2D eigenvalue weighted by Crippen LogP contribution is 2.27. The topological polar surface area (TPSA) is 66.8 Å². The number of rotatable bonds is 6. The third-order valence-electron chi connectivity index (χ3n) is 3.42. The van der Waals surface area contributed by atoms with Gasteiger partial charge in [-0.15, -0.1) is 0 Å². The number of cyclic esters (lactones) is 1. The second-order valence-corrected chi connectivity index (χ2v) is 4.74. The SMILES string of the molecule is CCC(C)CCC(O)C1CC(CO)OC1=O. The molecule has 4 heteroatoms. The second-order valence-electron chi connectivity index (χ2n) is 4.74. The molecule has 0 radical (unpaired) electrons. The first kappa shape index (κ1) is 13.5. The summed E-state index contributed by atoms with van der Waals surface area (Å²) in [5, 5.41) is 18.8. The smallest absolute Gasteiger partial charge is 0.312 e. The molecule has 0 saturated carbocycles. The van der Waals surface area contributed by atoms with Crippen molar-refractivity contribution in [2.75, 3.05) is 6.61 Å². The molecule has 0 bridgehead atoms. The number of hydrogen-bond donors (Lipinski definition) is 2. The number of carbonyl (C=O) groups is 1. The molecule has 16 heavy (non-hydrogen) atoms. The van der Waals surface area contributed by atoms with Gasteiger partial charge in [-0.25, -0.2) is 0 Å². The van der Waals surface area contributed by atoms with Gasteiger partial charge in [0.2, 0.25) is 0 Å². The number of ether oxygens (including phenoxy) is 1. The van der Waals surface area contributed by atoms with Crippen molar-refractivity contribution >= 4 is 5.97 Å². The van der Waals surface area contributed by atoms with Crippen LogP contribution in [0.2, 0.25) is 0 Å². The molecule has 0 amide bonds. The summed E-state index contributed by atoms with van der Waals surface area (Å²) in [6.45, 7) is 4.10. The Bertz CT molecular complexity index is 229. The quantitative estimate of drug-likeness (QED) is 0.670. The summed E-state index contributed by atoms with van der Waals surface area (Å²) in [6, 6.07) is 0. The first-order valence-electron chi connectivity index (χ1n) is 6.07. The fourth-order valence-corrected chi connectivity index (χ4v) is 1.97. The predicted octanol–water partition coefficient (Wildman–Crippen LogP) is 1.10. The number of carbonyl (C=O) groups excluding carboxylic acids is 1. The normalized spacial score (nSPS) is 28.9. The van der Waals surface area contributed by atoms with Crippen LogP contribution in [0.1, 0.15) is 39.5 Å². The van der Waals surface area contributed by atoms with Crippen LogP contribution in [-0.4, -0.2) is 35.0 Å². The summed E-state index contributed by atoms with van der Waals surface area (Å²) in [5.41, 5.74) is 0. The molecule has 1 saturated heterocycles. The maximum Gasteiger partial charge on any atom is 0.312 e. The Morgan fingerprint density at radius 2 is 2.19 bits per heavy atom. The van der Waals surface area contributed by atoms with Crippen molar-refractivity contribution in [3.05, 3.63) is 0 Å². The lowest BCUT2D eigenvalue weighted by atomic mass is 9.92. The van der Waals surface area contributed by atoms with Crippen LogP contribution < -0.4 is 0 Å². The van der Waals surface area contributed by atoms with E-state index in [1.165, 1.54) is 0 Å². The molecule has 1 aliphatic rings. The first-order chi connectivity index (χ1) is 7.58. The van der Waals surface area contributed by atoms with Crippen LogP contribution in [0.15, 0.2) is 0 Å². The lowest BCUT2D eigenvalue weighted by molar-refractivity contribution is -0.147. The first-order valence-corrected chi connectivity index (χ1v) is 6.07. The van der Waals surface area contributed by atoms with Crippen LogP contribution in [0.3, 0.4) is 0 Å². The average Bonchev–Trinajstić information content (AvgIpc) is 2.67. The number of esters is 1. The van der Waals surface area contributed by atoms with Gasteiger partial charge in [0.15, 0.2) is 0 Å². The van der Waals surface area contributed by atoms with E-state index in [2.05, 4.69) is 13.8 Å². The third-order valence-corrected chi connectivity index (χ3v) is 3.42. The highest BCUT2D eigenvalue weighted by Gasteiger charge is 2.38. The zero-order valence-corrected chi connectivity index (χ0v) is 10.1. The summed E-state index contributed by atoms with van der Waals surface area (Å²) >= 11 is 0. The third kappa shape index (κ3) is 3.46. The van der Waals surface area contributed by atoms with Gasteiger partial charge in [-0.1, -0.05) is 20.3 Å². The van der Waals surface area contributed by atoms with Crippen molar-refractivity contribution in [3.8, 4) is 0 Å². The van der Waals surface area contributed by atoms with Gasteiger partial charge in [0.1, 0.15) is 6.10 Å². The molecule has 94 valence electrons. The van der Waals surface area contributed by atoms with Gasteiger partial charge in [-0.2, -0.15) is 0 Å². The van der Waals surface area contributed by atoms with Gasteiger partial charge in [0.25, 0.3) is 0 Å². The lowest BCUT2D eigenvalue weighted by Crippen LogP contribution is -2.25. The fourth-order valence-electron chi connectivity index (χ4n) is 1.97. The number of aliphatic hydroxyl groups excluding tert-OH is 2. The van der Waals surface area contributed by atoms with E-state index in [1.54, 1.807) is 0 Å². The lowest BCUT2D eigenvalue weighted by Gasteiger charge is -2.16. The Morgan fingerprint density at radius 1 is 1.50 bits per heavy atom. The van der Waals surface area contributed by atoms with Crippen molar-refractivity contribution in [2.24, 2.45) is 11.8 Å². The van der Waals surface area contributed by atoms with E-state index in [1.807, 2.05) is 0 Å². The summed E-state index contributed by atoms with van der Waals surface area (Å²) in [4.78, 5) is 11.4. The molecule has 0 aliphatic carbocycles. The highest BCUT2D eigenvalue weighted by atomic mass is 16.6. The maximum atomic E-state index is 11.4. The fraction of sp³-hybridized carbons (Fsp3) is 0.917. The molecular weight excluding hydrogens is 208 g/mol. The standard InChI is InChI=1S/C12H22O4/c1-3-8(2)4-5-11(14)10-6-9(7-13)16-12(10)15/h8-11,13-14H,3-7H2,1-2H3. The minimum Gasteiger partial charge on any atom is -0.460 e. The largest absolute Gasteiger partial charge is 0.460 e. The van der Waals surface area contributed by atoms with Gasteiger partial charge in [0.05, 0.1) is 18.6 Å². The van der Waals surface area contributed by atoms with Crippen LogP contribution in [-0.2, 0) is 9.53 Å². The number of hydrogen-bond acceptors (Lipinski definition) is 4. The van der Waals surface area contributed by atoms with Crippen molar-refractivity contribution in [3.63, 3.8) is 0 Å². The molecule has 4 atom stereocenters. The number of aliphatic hydroxyl groups is 2. The molecule has 4 nitrogen and oxygen atoms in total. The molecular formula is C12H22O4. The van der Waals surface area contributed by atoms with E-state index in [9.17, 15) is 9.90 Å². The zero-order chi connectivity index (χ0) is 12.1. The van der Waals surface area contributed by atoms with Gasteiger partial charge in [-0.3, -0.25) is 4.79 Å². The average molecular weight is 230 g/mol. The summed E-state index contributed by atoms with van der Waals surface area (Å²) < 4.78 is 4.93. The van der Waals surface area contributed by atoms with Gasteiger partial charge in [-0.05, 0) is 18.8 Å². The maximum absolute atomic E-state index is 11.4. The molecule has 0 aromatic heterocycles. The monoisotopic (exact) mass is 230 g/mol. The molecule has 1 aliphatic heterocycles. The Hall–Kier alpha value is -0.610. The summed E-state index contributed by atoms with van der Waals surface area (Å²) in [5.74, 6) is -0.238. The van der Waals surface area contributed by atoms with Gasteiger partial charge in [0, 0.05) is 6.42 Å². The molecule has 0 aromatic rings.